The third kappa shape index (κ3) is 3.21. The Morgan fingerprint density at radius 3 is 2.75 bits per heavy atom. The maximum Gasteiger partial charge on any atom is 0.327 e. The van der Waals surface area contributed by atoms with Crippen LogP contribution < -0.4 is 15.5 Å². The van der Waals surface area contributed by atoms with Gasteiger partial charge in [0.15, 0.2) is 0 Å². The molecular weight excluding hydrogens is 326 g/mol. The summed E-state index contributed by atoms with van der Waals surface area (Å²) >= 11 is 5.96. The van der Waals surface area contributed by atoms with Gasteiger partial charge in [-0.2, -0.15) is 0 Å². The van der Waals surface area contributed by atoms with Crippen LogP contribution in [0, 0.1) is 0 Å². The van der Waals surface area contributed by atoms with Crippen LogP contribution in [0.2, 0.25) is 5.02 Å². The first-order valence-electron chi connectivity index (χ1n) is 7.81. The molecule has 6 heteroatoms. The number of urea groups is 1. The number of para-hydroxylation sites is 1. The SMILES string of the molecule is CCNC(=O)[C@H]1Cc2ccccc2N1C(=O)Nc1cccc(Cl)c1. The number of amides is 3. The normalized spacial score (nSPS) is 15.8. The van der Waals surface area contributed by atoms with Gasteiger partial charge in [-0.05, 0) is 36.8 Å². The molecule has 2 N–H and O–H groups in total. The number of rotatable bonds is 3. The van der Waals surface area contributed by atoms with E-state index in [-0.39, 0.29) is 11.9 Å². The Labute approximate surface area is 145 Å². The van der Waals surface area contributed by atoms with Gasteiger partial charge in [-0.1, -0.05) is 35.9 Å². The second kappa shape index (κ2) is 6.93. The first-order chi connectivity index (χ1) is 11.6. The average molecular weight is 344 g/mol. The molecule has 0 unspecified atom stereocenters. The van der Waals surface area contributed by atoms with E-state index in [4.69, 9.17) is 11.6 Å². The summed E-state index contributed by atoms with van der Waals surface area (Å²) in [5.41, 5.74) is 2.33. The molecular formula is C18H18ClN3O2. The smallest absolute Gasteiger partial charge is 0.327 e. The van der Waals surface area contributed by atoms with Crippen molar-refractivity contribution in [3.05, 3.63) is 59.1 Å². The van der Waals surface area contributed by atoms with E-state index in [9.17, 15) is 9.59 Å². The van der Waals surface area contributed by atoms with E-state index >= 15 is 0 Å². The molecule has 0 aromatic heterocycles. The van der Waals surface area contributed by atoms with Gasteiger partial charge in [0.2, 0.25) is 5.91 Å². The van der Waals surface area contributed by atoms with Crippen molar-refractivity contribution >= 4 is 34.9 Å². The van der Waals surface area contributed by atoms with Gasteiger partial charge in [-0.3, -0.25) is 9.69 Å². The average Bonchev–Trinajstić information content (AvgIpc) is 2.94. The molecule has 1 atom stereocenters. The van der Waals surface area contributed by atoms with E-state index in [1.54, 1.807) is 24.3 Å². The molecule has 24 heavy (non-hydrogen) atoms. The molecule has 0 saturated carbocycles. The number of hydrogen-bond donors (Lipinski definition) is 2. The largest absolute Gasteiger partial charge is 0.355 e. The lowest BCUT2D eigenvalue weighted by Crippen LogP contribution is -2.49. The Bertz CT molecular complexity index is 778. The molecule has 2 aromatic carbocycles. The predicted molar refractivity (Wildman–Crippen MR) is 95.6 cm³/mol. The fourth-order valence-electron chi connectivity index (χ4n) is 2.89. The van der Waals surface area contributed by atoms with Crippen molar-refractivity contribution < 1.29 is 9.59 Å². The van der Waals surface area contributed by atoms with Crippen LogP contribution in [-0.2, 0) is 11.2 Å². The lowest BCUT2D eigenvalue weighted by molar-refractivity contribution is -0.122. The highest BCUT2D eigenvalue weighted by Crippen LogP contribution is 2.32. The van der Waals surface area contributed by atoms with Crippen molar-refractivity contribution in [2.45, 2.75) is 19.4 Å². The number of anilines is 2. The summed E-state index contributed by atoms with van der Waals surface area (Å²) in [6, 6.07) is 13.6. The highest BCUT2D eigenvalue weighted by atomic mass is 35.5. The molecule has 2 aromatic rings. The van der Waals surface area contributed by atoms with E-state index in [1.165, 1.54) is 4.90 Å². The molecule has 3 rings (SSSR count). The molecule has 1 aliphatic heterocycles. The van der Waals surface area contributed by atoms with Crippen LogP contribution in [0.4, 0.5) is 16.2 Å². The van der Waals surface area contributed by atoms with E-state index in [0.29, 0.717) is 23.7 Å². The van der Waals surface area contributed by atoms with E-state index in [0.717, 1.165) is 11.3 Å². The minimum absolute atomic E-state index is 0.157. The number of fused-ring (bicyclic) bond motifs is 1. The van der Waals surface area contributed by atoms with E-state index in [2.05, 4.69) is 10.6 Å². The molecule has 0 saturated heterocycles. The lowest BCUT2D eigenvalue weighted by atomic mass is 10.1. The number of carbonyl (C=O) groups is 2. The van der Waals surface area contributed by atoms with Gasteiger partial charge in [-0.15, -0.1) is 0 Å². The summed E-state index contributed by atoms with van der Waals surface area (Å²) in [5.74, 6) is -0.157. The highest BCUT2D eigenvalue weighted by Gasteiger charge is 2.38. The minimum Gasteiger partial charge on any atom is -0.355 e. The minimum atomic E-state index is -0.554. The summed E-state index contributed by atoms with van der Waals surface area (Å²) in [6.45, 7) is 2.38. The Hall–Kier alpha value is -2.53. The standard InChI is InChI=1S/C18H18ClN3O2/c1-2-20-17(23)16-10-12-6-3-4-9-15(12)22(16)18(24)21-14-8-5-7-13(19)11-14/h3-9,11,16H,2,10H2,1H3,(H,20,23)(H,21,24)/t16-/m1/s1. The number of nitrogens with zero attached hydrogens (tertiary/aromatic N) is 1. The van der Waals surface area contributed by atoms with Crippen molar-refractivity contribution in [1.29, 1.82) is 0 Å². The number of halogens is 1. The number of carbonyl (C=O) groups excluding carboxylic acids is 2. The summed E-state index contributed by atoms with van der Waals surface area (Å²) in [5, 5.41) is 6.15. The van der Waals surface area contributed by atoms with E-state index < -0.39 is 6.04 Å². The van der Waals surface area contributed by atoms with Crippen molar-refractivity contribution in [2.75, 3.05) is 16.8 Å². The Morgan fingerprint density at radius 1 is 1.21 bits per heavy atom. The van der Waals surface area contributed by atoms with Gasteiger partial charge < -0.3 is 10.6 Å². The van der Waals surface area contributed by atoms with Gasteiger partial charge >= 0.3 is 6.03 Å². The van der Waals surface area contributed by atoms with Crippen molar-refractivity contribution in [3.63, 3.8) is 0 Å². The third-order valence-electron chi connectivity index (χ3n) is 3.92. The molecule has 1 heterocycles. The fourth-order valence-corrected chi connectivity index (χ4v) is 3.08. The zero-order valence-corrected chi connectivity index (χ0v) is 14.0. The summed E-state index contributed by atoms with van der Waals surface area (Å²) in [6.07, 6.45) is 0.505. The Balaban J connectivity index is 1.89. The topological polar surface area (TPSA) is 61.4 Å². The lowest BCUT2D eigenvalue weighted by Gasteiger charge is -2.25. The molecule has 5 nitrogen and oxygen atoms in total. The zero-order chi connectivity index (χ0) is 17.1. The molecule has 3 amide bonds. The molecule has 0 bridgehead atoms. The number of hydrogen-bond acceptors (Lipinski definition) is 2. The van der Waals surface area contributed by atoms with Gasteiger partial charge in [-0.25, -0.2) is 4.79 Å². The van der Waals surface area contributed by atoms with Crippen LogP contribution in [0.1, 0.15) is 12.5 Å². The van der Waals surface area contributed by atoms with Crippen LogP contribution in [0.5, 0.6) is 0 Å². The van der Waals surface area contributed by atoms with Crippen molar-refractivity contribution in [1.82, 2.24) is 5.32 Å². The van der Waals surface area contributed by atoms with Crippen LogP contribution in [0.25, 0.3) is 0 Å². The third-order valence-corrected chi connectivity index (χ3v) is 4.16. The highest BCUT2D eigenvalue weighted by molar-refractivity contribution is 6.31. The van der Waals surface area contributed by atoms with Crippen LogP contribution >= 0.6 is 11.6 Å². The predicted octanol–water partition coefficient (Wildman–Crippen LogP) is 3.44. The Kier molecular flexibility index (Phi) is 4.71. The van der Waals surface area contributed by atoms with E-state index in [1.807, 2.05) is 31.2 Å². The number of benzene rings is 2. The second-order valence-corrected chi connectivity index (χ2v) is 5.99. The van der Waals surface area contributed by atoms with Crippen LogP contribution in [0.3, 0.4) is 0 Å². The fraction of sp³-hybridized carbons (Fsp3) is 0.222. The quantitative estimate of drug-likeness (QED) is 0.896. The van der Waals surface area contributed by atoms with Gasteiger partial charge in [0, 0.05) is 29.4 Å². The maximum atomic E-state index is 12.8. The monoisotopic (exact) mass is 343 g/mol. The molecule has 1 aliphatic rings. The summed E-state index contributed by atoms with van der Waals surface area (Å²) in [4.78, 5) is 26.7. The van der Waals surface area contributed by atoms with Crippen molar-refractivity contribution in [3.8, 4) is 0 Å². The molecule has 0 fully saturated rings. The number of likely N-dealkylation sites (N-methyl/N-ethyl adjacent to an activating group) is 1. The Morgan fingerprint density at radius 2 is 2.00 bits per heavy atom. The first kappa shape index (κ1) is 16.3. The van der Waals surface area contributed by atoms with Crippen molar-refractivity contribution in [2.24, 2.45) is 0 Å². The van der Waals surface area contributed by atoms with Gasteiger partial charge in [0.05, 0.1) is 0 Å². The zero-order valence-electron chi connectivity index (χ0n) is 13.3. The first-order valence-corrected chi connectivity index (χ1v) is 8.19. The van der Waals surface area contributed by atoms with Gasteiger partial charge in [0.1, 0.15) is 6.04 Å². The van der Waals surface area contributed by atoms with Crippen LogP contribution in [-0.4, -0.2) is 24.5 Å². The van der Waals surface area contributed by atoms with Gasteiger partial charge in [0.25, 0.3) is 0 Å². The van der Waals surface area contributed by atoms with Crippen LogP contribution in [0.15, 0.2) is 48.5 Å². The molecule has 0 aliphatic carbocycles. The second-order valence-electron chi connectivity index (χ2n) is 5.55. The molecule has 124 valence electrons. The summed E-state index contributed by atoms with van der Waals surface area (Å²) < 4.78 is 0. The maximum absolute atomic E-state index is 12.8. The summed E-state index contributed by atoms with van der Waals surface area (Å²) in [7, 11) is 0. The number of nitrogens with one attached hydrogen (secondary N) is 2. The molecule has 0 radical (unpaired) electrons. The molecule has 0 spiro atoms.